The number of morpholine rings is 1. The number of fused-ring (bicyclic) bond motifs is 1. The maximum Gasteiger partial charge on any atom is 0.276 e. The second-order valence-corrected chi connectivity index (χ2v) is 6.84. The molecule has 0 bridgehead atoms. The van der Waals surface area contributed by atoms with Crippen LogP contribution in [0.1, 0.15) is 5.56 Å². The van der Waals surface area contributed by atoms with Gasteiger partial charge in [-0.3, -0.25) is 19.2 Å². The third-order valence-corrected chi connectivity index (χ3v) is 5.12. The molecule has 2 aromatic heterocycles. The molecule has 7 heteroatoms. The van der Waals surface area contributed by atoms with Crippen LogP contribution in [0, 0.1) is 0 Å². The Balaban J connectivity index is 1.64. The Morgan fingerprint density at radius 1 is 0.963 bits per heavy atom. The number of rotatable bonds is 6. The molecule has 0 spiro atoms. The molecule has 0 unspecified atom stereocenters. The van der Waals surface area contributed by atoms with Crippen LogP contribution in [0.15, 0.2) is 52.2 Å². The van der Waals surface area contributed by atoms with Crippen molar-refractivity contribution in [2.45, 2.75) is 19.5 Å². The molecule has 3 aromatic rings. The summed E-state index contributed by atoms with van der Waals surface area (Å²) in [6.07, 6.45) is 2.30. The van der Waals surface area contributed by atoms with Crippen molar-refractivity contribution >= 4 is 10.9 Å². The molecule has 1 fully saturated rings. The zero-order valence-corrected chi connectivity index (χ0v) is 15.3. The summed E-state index contributed by atoms with van der Waals surface area (Å²) in [5.74, 6) is 0. The normalized spacial score (nSPS) is 15.4. The molecule has 0 amide bonds. The van der Waals surface area contributed by atoms with E-state index in [1.165, 1.54) is 17.8 Å². The predicted molar refractivity (Wildman–Crippen MR) is 104 cm³/mol. The molecule has 0 aliphatic carbocycles. The van der Waals surface area contributed by atoms with Crippen molar-refractivity contribution in [2.24, 2.45) is 0 Å². The Kier molecular flexibility index (Phi) is 5.22. The fourth-order valence-electron chi connectivity index (χ4n) is 3.63. The second-order valence-electron chi connectivity index (χ2n) is 6.84. The summed E-state index contributed by atoms with van der Waals surface area (Å²) in [5.41, 5.74) is 1.64. The summed E-state index contributed by atoms with van der Waals surface area (Å²) >= 11 is 0. The third-order valence-electron chi connectivity index (χ3n) is 5.12. The molecule has 1 aliphatic rings. The number of nitrogens with one attached hydrogen (secondary N) is 1. The lowest BCUT2D eigenvalue weighted by atomic mass is 10.1. The molecule has 0 saturated carbocycles. The van der Waals surface area contributed by atoms with Crippen LogP contribution in [0.2, 0.25) is 0 Å². The van der Waals surface area contributed by atoms with Crippen molar-refractivity contribution in [3.63, 3.8) is 0 Å². The summed E-state index contributed by atoms with van der Waals surface area (Å²) in [7, 11) is 0. The average Bonchev–Trinajstić information content (AvgIpc) is 2.97. The second kappa shape index (κ2) is 7.94. The Morgan fingerprint density at radius 3 is 2.52 bits per heavy atom. The molecular weight excluding hydrogens is 344 g/mol. The summed E-state index contributed by atoms with van der Waals surface area (Å²) in [4.78, 5) is 29.7. The van der Waals surface area contributed by atoms with Crippen LogP contribution in [-0.2, 0) is 24.2 Å². The maximum absolute atomic E-state index is 12.9. The molecule has 1 aliphatic heterocycles. The van der Waals surface area contributed by atoms with Crippen molar-refractivity contribution in [3.8, 4) is 0 Å². The van der Waals surface area contributed by atoms with Gasteiger partial charge in [0.05, 0.1) is 30.7 Å². The molecule has 27 heavy (non-hydrogen) atoms. The molecule has 1 saturated heterocycles. The number of aryl methyl sites for hydroxylation is 1. The Bertz CT molecular complexity index is 1010. The van der Waals surface area contributed by atoms with Crippen molar-refractivity contribution in [2.75, 3.05) is 32.8 Å². The van der Waals surface area contributed by atoms with Crippen LogP contribution in [0.25, 0.3) is 10.9 Å². The molecule has 0 atom stereocenters. The number of nitrogens with zero attached hydrogens (tertiary/aromatic N) is 3. The fourth-order valence-corrected chi connectivity index (χ4v) is 3.63. The van der Waals surface area contributed by atoms with Crippen molar-refractivity contribution in [3.05, 3.63) is 68.9 Å². The lowest BCUT2D eigenvalue weighted by molar-refractivity contribution is 0.0356. The molecule has 1 N–H and O–H groups in total. The molecule has 142 valence electrons. The standard InChI is InChI=1S/C20H24N4O3/c25-19-14-18-17(15-21-19)20(26)24(7-6-16-4-2-1-3-5-16)23(18)9-8-22-10-12-27-13-11-22/h1-5,14-15H,6-13H2,(H,21,25). The Morgan fingerprint density at radius 2 is 1.74 bits per heavy atom. The number of aromatic nitrogens is 3. The van der Waals surface area contributed by atoms with Crippen molar-refractivity contribution in [1.29, 1.82) is 0 Å². The van der Waals surface area contributed by atoms with Crippen LogP contribution >= 0.6 is 0 Å². The average molecular weight is 368 g/mol. The number of aromatic amines is 1. The van der Waals surface area contributed by atoms with Crippen LogP contribution < -0.4 is 11.1 Å². The van der Waals surface area contributed by atoms with E-state index >= 15 is 0 Å². The van der Waals surface area contributed by atoms with E-state index in [1.54, 1.807) is 4.68 Å². The van der Waals surface area contributed by atoms with Crippen molar-refractivity contribution < 1.29 is 4.74 Å². The van der Waals surface area contributed by atoms with Gasteiger partial charge in [-0.2, -0.15) is 0 Å². The SMILES string of the molecule is O=c1cc2c(c[nH]1)c(=O)n(CCc1ccccc1)n2CCN1CCOCC1. The molecule has 0 radical (unpaired) electrons. The minimum Gasteiger partial charge on any atom is -0.379 e. The van der Waals surface area contributed by atoms with Gasteiger partial charge in [0.15, 0.2) is 0 Å². The van der Waals surface area contributed by atoms with Gasteiger partial charge in [0.1, 0.15) is 0 Å². The first-order valence-corrected chi connectivity index (χ1v) is 9.38. The Hall–Kier alpha value is -2.64. The smallest absolute Gasteiger partial charge is 0.276 e. The van der Waals surface area contributed by atoms with E-state index in [4.69, 9.17) is 4.74 Å². The lowest BCUT2D eigenvalue weighted by Gasteiger charge is -2.27. The van der Waals surface area contributed by atoms with Gasteiger partial charge in [-0.05, 0) is 12.0 Å². The number of hydrogen-bond donors (Lipinski definition) is 1. The minimum atomic E-state index is -0.192. The zero-order valence-electron chi connectivity index (χ0n) is 15.3. The number of H-pyrrole nitrogens is 1. The Labute approximate surface area is 156 Å². The number of hydrogen-bond acceptors (Lipinski definition) is 4. The van der Waals surface area contributed by atoms with Crippen LogP contribution in [-0.4, -0.2) is 52.1 Å². The number of pyridine rings is 1. The molecule has 7 nitrogen and oxygen atoms in total. The number of benzene rings is 1. The first kappa shape index (κ1) is 17.8. The fraction of sp³-hybridized carbons (Fsp3) is 0.400. The van der Waals surface area contributed by atoms with Gasteiger partial charge < -0.3 is 9.72 Å². The highest BCUT2D eigenvalue weighted by Gasteiger charge is 2.16. The van der Waals surface area contributed by atoms with Gasteiger partial charge in [0.2, 0.25) is 5.56 Å². The highest BCUT2D eigenvalue weighted by molar-refractivity contribution is 5.77. The van der Waals surface area contributed by atoms with E-state index in [2.05, 4.69) is 22.0 Å². The van der Waals surface area contributed by atoms with Crippen LogP contribution in [0.4, 0.5) is 0 Å². The quantitative estimate of drug-likeness (QED) is 0.706. The van der Waals surface area contributed by atoms with E-state index in [1.807, 2.05) is 22.9 Å². The first-order chi connectivity index (χ1) is 13.2. The molecule has 4 rings (SSSR count). The van der Waals surface area contributed by atoms with Gasteiger partial charge in [0, 0.05) is 38.4 Å². The third kappa shape index (κ3) is 3.89. The highest BCUT2D eigenvalue weighted by atomic mass is 16.5. The summed E-state index contributed by atoms with van der Waals surface area (Å²) in [6.45, 7) is 5.35. The van der Waals surface area contributed by atoms with Crippen LogP contribution in [0.5, 0.6) is 0 Å². The lowest BCUT2D eigenvalue weighted by Crippen LogP contribution is -2.39. The summed E-state index contributed by atoms with van der Waals surface area (Å²) in [6, 6.07) is 11.6. The van der Waals surface area contributed by atoms with Crippen molar-refractivity contribution in [1.82, 2.24) is 19.2 Å². The van der Waals surface area contributed by atoms with E-state index in [9.17, 15) is 9.59 Å². The van der Waals surface area contributed by atoms with Gasteiger partial charge in [0.25, 0.3) is 5.56 Å². The van der Waals surface area contributed by atoms with Gasteiger partial charge in [-0.1, -0.05) is 30.3 Å². The maximum atomic E-state index is 12.9. The summed E-state index contributed by atoms with van der Waals surface area (Å²) < 4.78 is 9.14. The monoisotopic (exact) mass is 368 g/mol. The topological polar surface area (TPSA) is 72.3 Å². The predicted octanol–water partition coefficient (Wildman–Crippen LogP) is 1.07. The first-order valence-electron chi connectivity index (χ1n) is 9.38. The zero-order chi connectivity index (χ0) is 18.6. The number of ether oxygens (including phenoxy) is 1. The van der Waals surface area contributed by atoms with E-state index in [0.717, 1.165) is 39.3 Å². The highest BCUT2D eigenvalue weighted by Crippen LogP contribution is 2.10. The molecular formula is C20H24N4O3. The van der Waals surface area contributed by atoms with Crippen LogP contribution in [0.3, 0.4) is 0 Å². The van der Waals surface area contributed by atoms with E-state index < -0.39 is 0 Å². The van der Waals surface area contributed by atoms with Gasteiger partial charge >= 0.3 is 0 Å². The summed E-state index contributed by atoms with van der Waals surface area (Å²) in [5, 5.41) is 0.560. The van der Waals surface area contributed by atoms with E-state index in [-0.39, 0.29) is 11.1 Å². The molecule has 3 heterocycles. The van der Waals surface area contributed by atoms with Gasteiger partial charge in [-0.25, -0.2) is 4.68 Å². The van der Waals surface area contributed by atoms with E-state index in [0.29, 0.717) is 24.0 Å². The molecule has 1 aromatic carbocycles. The minimum absolute atomic E-state index is 0.0563. The largest absolute Gasteiger partial charge is 0.379 e. The van der Waals surface area contributed by atoms with Gasteiger partial charge in [-0.15, -0.1) is 0 Å².